The van der Waals surface area contributed by atoms with E-state index in [9.17, 15) is 19.8 Å². The number of carboxylic acid groups (broad SMARTS) is 1. The number of carbonyl (C=O) groups is 2. The highest BCUT2D eigenvalue weighted by atomic mass is 16.4. The maximum Gasteiger partial charge on any atom is 0.314 e. The number of amides is 1. The first-order valence-corrected chi connectivity index (χ1v) is 9.05. The van der Waals surface area contributed by atoms with E-state index in [0.29, 0.717) is 30.9 Å². The summed E-state index contributed by atoms with van der Waals surface area (Å²) in [4.78, 5) is 30.9. The van der Waals surface area contributed by atoms with Crippen LogP contribution in [0.25, 0.3) is 10.9 Å². The molecule has 2 fully saturated rings. The van der Waals surface area contributed by atoms with Gasteiger partial charge in [0.25, 0.3) is 5.91 Å². The third-order valence-corrected chi connectivity index (χ3v) is 5.70. The molecule has 2 aromatic rings. The van der Waals surface area contributed by atoms with Gasteiger partial charge >= 0.3 is 5.97 Å². The molecule has 4 rings (SSSR count). The van der Waals surface area contributed by atoms with Gasteiger partial charge < -0.3 is 15.1 Å². The maximum absolute atomic E-state index is 13.0. The van der Waals surface area contributed by atoms with E-state index < -0.39 is 17.5 Å². The second-order valence-corrected chi connectivity index (χ2v) is 7.55. The number of likely N-dealkylation sites (tertiary alicyclic amines) is 1. The van der Waals surface area contributed by atoms with Crippen molar-refractivity contribution >= 4 is 22.8 Å². The van der Waals surface area contributed by atoms with Crippen LogP contribution in [0.5, 0.6) is 0 Å². The molecule has 2 aliphatic rings. The van der Waals surface area contributed by atoms with E-state index in [2.05, 4.69) is 4.98 Å². The number of nitrogens with zero attached hydrogens (tertiary/aromatic N) is 2. The molecular formula is C20H22N2O4. The summed E-state index contributed by atoms with van der Waals surface area (Å²) >= 11 is 0. The Kier molecular flexibility index (Phi) is 4.15. The monoisotopic (exact) mass is 354 g/mol. The number of aliphatic hydroxyl groups excluding tert-OH is 1. The highest BCUT2D eigenvalue weighted by molar-refractivity contribution is 5.98. The zero-order chi connectivity index (χ0) is 18.3. The van der Waals surface area contributed by atoms with Crippen molar-refractivity contribution in [3.8, 4) is 0 Å². The molecule has 0 radical (unpaired) electrons. The van der Waals surface area contributed by atoms with E-state index in [1.807, 2.05) is 12.1 Å². The fraction of sp³-hybridized carbons (Fsp3) is 0.450. The lowest BCUT2D eigenvalue weighted by molar-refractivity contribution is -0.163. The van der Waals surface area contributed by atoms with Crippen LogP contribution >= 0.6 is 0 Å². The van der Waals surface area contributed by atoms with Gasteiger partial charge in [-0.05, 0) is 43.0 Å². The highest BCUT2D eigenvalue weighted by Gasteiger charge is 2.52. The topological polar surface area (TPSA) is 90.7 Å². The molecular weight excluding hydrogens is 332 g/mol. The van der Waals surface area contributed by atoms with Crippen molar-refractivity contribution in [2.24, 2.45) is 11.3 Å². The van der Waals surface area contributed by atoms with Crippen LogP contribution in [0.15, 0.2) is 36.5 Å². The Hall–Kier alpha value is -2.47. The number of aliphatic hydroxyl groups is 1. The minimum absolute atomic E-state index is 0.0594. The number of aromatic nitrogens is 1. The third kappa shape index (κ3) is 2.94. The summed E-state index contributed by atoms with van der Waals surface area (Å²) in [5.41, 5.74) is 0.0762. The second kappa shape index (κ2) is 6.36. The average Bonchev–Trinajstić information content (AvgIpc) is 3.46. The molecule has 136 valence electrons. The first kappa shape index (κ1) is 17.0. The van der Waals surface area contributed by atoms with E-state index in [1.54, 1.807) is 29.3 Å². The van der Waals surface area contributed by atoms with E-state index in [0.717, 1.165) is 23.7 Å². The number of fused-ring (bicyclic) bond motifs is 1. The smallest absolute Gasteiger partial charge is 0.314 e. The summed E-state index contributed by atoms with van der Waals surface area (Å²) in [6, 6.07) is 9.04. The molecule has 26 heavy (non-hydrogen) atoms. The highest BCUT2D eigenvalue weighted by Crippen LogP contribution is 2.45. The van der Waals surface area contributed by atoms with Gasteiger partial charge in [-0.3, -0.25) is 14.6 Å². The predicted molar refractivity (Wildman–Crippen MR) is 95.7 cm³/mol. The SMILES string of the molecule is O=C(c1ccc2ncccc2c1)N1CC[C@H](O)[C@](CC2CC2)(C(=O)O)C1. The quantitative estimate of drug-likeness (QED) is 0.879. The Labute approximate surface area is 151 Å². The number of carbonyl (C=O) groups excluding carboxylic acids is 1. The molecule has 2 heterocycles. The number of pyridine rings is 1. The molecule has 6 nitrogen and oxygen atoms in total. The fourth-order valence-corrected chi connectivity index (χ4v) is 3.98. The summed E-state index contributed by atoms with van der Waals surface area (Å²) in [5, 5.41) is 21.2. The van der Waals surface area contributed by atoms with Crippen LogP contribution in [0.1, 0.15) is 36.0 Å². The summed E-state index contributed by atoms with van der Waals surface area (Å²) in [6.45, 7) is 0.425. The number of benzene rings is 1. The average molecular weight is 354 g/mol. The third-order valence-electron chi connectivity index (χ3n) is 5.70. The van der Waals surface area contributed by atoms with Gasteiger partial charge in [-0.25, -0.2) is 0 Å². The molecule has 1 saturated carbocycles. The Morgan fingerprint density at radius 3 is 2.77 bits per heavy atom. The van der Waals surface area contributed by atoms with Crippen molar-refractivity contribution < 1.29 is 19.8 Å². The van der Waals surface area contributed by atoms with Crippen molar-refractivity contribution in [3.05, 3.63) is 42.1 Å². The van der Waals surface area contributed by atoms with Gasteiger partial charge in [-0.1, -0.05) is 18.9 Å². The minimum Gasteiger partial charge on any atom is -0.481 e. The van der Waals surface area contributed by atoms with Crippen LogP contribution < -0.4 is 0 Å². The van der Waals surface area contributed by atoms with E-state index in [1.165, 1.54) is 0 Å². The predicted octanol–water partition coefficient (Wildman–Crippen LogP) is 2.31. The van der Waals surface area contributed by atoms with Gasteiger partial charge in [0.05, 0.1) is 11.6 Å². The number of rotatable bonds is 4. The summed E-state index contributed by atoms with van der Waals surface area (Å²) < 4.78 is 0. The lowest BCUT2D eigenvalue weighted by atomic mass is 9.73. The number of hydrogen-bond donors (Lipinski definition) is 2. The van der Waals surface area contributed by atoms with Crippen molar-refractivity contribution in [1.29, 1.82) is 0 Å². The molecule has 2 atom stereocenters. The van der Waals surface area contributed by atoms with Crippen molar-refractivity contribution in [1.82, 2.24) is 9.88 Å². The Morgan fingerprint density at radius 2 is 2.04 bits per heavy atom. The standard InChI is InChI=1S/C20H22N2O4/c23-17-7-9-22(12-20(17,19(25)26)11-13-3-4-13)18(24)15-5-6-16-14(10-15)2-1-8-21-16/h1-2,5-6,8,10,13,17,23H,3-4,7,9,11-12H2,(H,25,26)/t17-,20+/m0/s1. The molecule has 1 aliphatic heterocycles. The van der Waals surface area contributed by atoms with E-state index >= 15 is 0 Å². The van der Waals surface area contributed by atoms with Gasteiger partial charge in [0.15, 0.2) is 0 Å². The number of piperidine rings is 1. The van der Waals surface area contributed by atoms with Crippen LogP contribution in [-0.4, -0.2) is 51.2 Å². The molecule has 1 amide bonds. The lowest BCUT2D eigenvalue weighted by Gasteiger charge is -2.43. The molecule has 1 aromatic carbocycles. The first-order valence-electron chi connectivity index (χ1n) is 9.05. The fourth-order valence-electron chi connectivity index (χ4n) is 3.98. The number of carboxylic acids is 1. The molecule has 0 unspecified atom stereocenters. The maximum atomic E-state index is 13.0. The van der Waals surface area contributed by atoms with Gasteiger partial charge in [0, 0.05) is 30.2 Å². The summed E-state index contributed by atoms with van der Waals surface area (Å²) in [5.74, 6) is -0.844. The normalized spacial score (nSPS) is 26.0. The largest absolute Gasteiger partial charge is 0.481 e. The van der Waals surface area contributed by atoms with Crippen LogP contribution in [0, 0.1) is 11.3 Å². The van der Waals surface area contributed by atoms with E-state index in [-0.39, 0.29) is 12.5 Å². The molecule has 1 saturated heterocycles. The van der Waals surface area contributed by atoms with E-state index in [4.69, 9.17) is 0 Å². The van der Waals surface area contributed by atoms with Crippen LogP contribution in [-0.2, 0) is 4.79 Å². The summed E-state index contributed by atoms with van der Waals surface area (Å²) in [7, 11) is 0. The zero-order valence-corrected chi connectivity index (χ0v) is 14.5. The van der Waals surface area contributed by atoms with Crippen LogP contribution in [0.2, 0.25) is 0 Å². The Balaban J connectivity index is 1.61. The van der Waals surface area contributed by atoms with Crippen molar-refractivity contribution in [3.63, 3.8) is 0 Å². The number of hydrogen-bond acceptors (Lipinski definition) is 4. The van der Waals surface area contributed by atoms with Crippen LogP contribution in [0.3, 0.4) is 0 Å². The minimum atomic E-state index is -1.26. The lowest BCUT2D eigenvalue weighted by Crippen LogP contribution is -2.57. The second-order valence-electron chi connectivity index (χ2n) is 7.55. The molecule has 0 bridgehead atoms. The Morgan fingerprint density at radius 1 is 1.23 bits per heavy atom. The Bertz CT molecular complexity index is 864. The molecule has 6 heteroatoms. The molecule has 2 N–H and O–H groups in total. The van der Waals surface area contributed by atoms with Crippen LogP contribution in [0.4, 0.5) is 0 Å². The molecule has 1 aromatic heterocycles. The zero-order valence-electron chi connectivity index (χ0n) is 14.5. The molecule has 1 aliphatic carbocycles. The summed E-state index contributed by atoms with van der Waals surface area (Å²) in [6.07, 6.45) is 3.54. The van der Waals surface area contributed by atoms with Gasteiger partial charge in [-0.2, -0.15) is 0 Å². The van der Waals surface area contributed by atoms with Gasteiger partial charge in [-0.15, -0.1) is 0 Å². The van der Waals surface area contributed by atoms with Crippen molar-refractivity contribution in [2.45, 2.75) is 31.8 Å². The van der Waals surface area contributed by atoms with Gasteiger partial charge in [0.2, 0.25) is 0 Å². The number of aliphatic carboxylic acids is 1. The van der Waals surface area contributed by atoms with Crippen molar-refractivity contribution in [2.75, 3.05) is 13.1 Å². The first-order chi connectivity index (χ1) is 12.5. The molecule has 0 spiro atoms. The van der Waals surface area contributed by atoms with Gasteiger partial charge in [0.1, 0.15) is 5.41 Å².